The Morgan fingerprint density at radius 2 is 1.84 bits per heavy atom. The number of amides is 1. The zero-order chi connectivity index (χ0) is 14.8. The van der Waals surface area contributed by atoms with Gasteiger partial charge >= 0.3 is 6.09 Å². The molecule has 1 aliphatic rings. The largest absolute Gasteiger partial charge is 0.484 e. The summed E-state index contributed by atoms with van der Waals surface area (Å²) in [5.41, 5.74) is -0.661. The Morgan fingerprint density at radius 1 is 1.26 bits per heavy atom. The molecule has 110 valence electrons. The molecule has 0 saturated carbocycles. The Hall–Kier alpha value is -1.26. The van der Waals surface area contributed by atoms with Crippen molar-refractivity contribution in [3.63, 3.8) is 0 Å². The first-order valence-corrected chi connectivity index (χ1v) is 6.65. The maximum Gasteiger partial charge on any atom is 0.412 e. The van der Waals surface area contributed by atoms with Gasteiger partial charge in [0.15, 0.2) is 5.90 Å². The van der Waals surface area contributed by atoms with E-state index in [1.165, 1.54) is 0 Å². The summed E-state index contributed by atoms with van der Waals surface area (Å²) in [5, 5.41) is 0. The van der Waals surface area contributed by atoms with Gasteiger partial charge in [-0.2, -0.15) is 0 Å². The predicted octanol–water partition coefficient (Wildman–Crippen LogP) is 3.04. The van der Waals surface area contributed by atoms with Crippen molar-refractivity contribution in [1.82, 2.24) is 4.90 Å². The summed E-state index contributed by atoms with van der Waals surface area (Å²) in [6.45, 7) is 12.3. The molecule has 0 aromatic rings. The topological polar surface area (TPSA) is 51.1 Å². The van der Waals surface area contributed by atoms with Gasteiger partial charge in [0.05, 0.1) is 7.11 Å². The van der Waals surface area contributed by atoms with Crippen molar-refractivity contribution in [3.8, 4) is 0 Å². The second-order valence-corrected chi connectivity index (χ2v) is 6.89. The summed E-state index contributed by atoms with van der Waals surface area (Å²) in [6.07, 6.45) is 0.0554. The molecule has 5 heteroatoms. The molecule has 0 radical (unpaired) electrons. The lowest BCUT2D eigenvalue weighted by Gasteiger charge is -2.40. The minimum atomic E-state index is -0.495. The summed E-state index contributed by atoms with van der Waals surface area (Å²) in [7, 11) is 1.61. The van der Waals surface area contributed by atoms with Gasteiger partial charge in [-0.15, -0.1) is 0 Å². The summed E-state index contributed by atoms with van der Waals surface area (Å²) < 4.78 is 10.7. The Balaban J connectivity index is 2.94. The first-order chi connectivity index (χ1) is 8.54. The van der Waals surface area contributed by atoms with Crippen LogP contribution in [0.1, 0.15) is 48.0 Å². The molecule has 19 heavy (non-hydrogen) atoms. The van der Waals surface area contributed by atoms with Crippen LogP contribution < -0.4 is 0 Å². The molecule has 1 aliphatic heterocycles. The Morgan fingerprint density at radius 3 is 2.26 bits per heavy atom. The van der Waals surface area contributed by atoms with Crippen LogP contribution in [-0.4, -0.2) is 42.3 Å². The number of ether oxygens (including phenoxy) is 2. The molecule has 0 aromatic heterocycles. The van der Waals surface area contributed by atoms with E-state index in [0.717, 1.165) is 0 Å². The lowest BCUT2D eigenvalue weighted by Crippen LogP contribution is -2.51. The van der Waals surface area contributed by atoms with Crippen LogP contribution in [0.5, 0.6) is 0 Å². The van der Waals surface area contributed by atoms with Crippen molar-refractivity contribution in [1.29, 1.82) is 0 Å². The van der Waals surface area contributed by atoms with E-state index in [1.54, 1.807) is 12.0 Å². The van der Waals surface area contributed by atoms with Crippen molar-refractivity contribution < 1.29 is 14.3 Å². The summed E-state index contributed by atoms with van der Waals surface area (Å²) in [4.78, 5) is 18.5. The fourth-order valence-corrected chi connectivity index (χ4v) is 1.94. The molecule has 1 amide bonds. The third kappa shape index (κ3) is 4.40. The second-order valence-electron chi connectivity index (χ2n) is 6.89. The number of methoxy groups -OCH3 is 1. The van der Waals surface area contributed by atoms with E-state index in [9.17, 15) is 4.79 Å². The number of carbonyl (C=O) groups excluding carboxylic acids is 1. The molecule has 0 bridgehead atoms. The highest BCUT2D eigenvalue weighted by molar-refractivity contribution is 5.79. The quantitative estimate of drug-likeness (QED) is 0.680. The lowest BCUT2D eigenvalue weighted by atomic mass is 9.90. The third-order valence-corrected chi connectivity index (χ3v) is 2.77. The molecule has 5 nitrogen and oxygen atoms in total. The van der Waals surface area contributed by atoms with E-state index in [4.69, 9.17) is 9.47 Å². The standard InChI is InChI=1S/C14H26N2O3/c1-13(2,3)11-15-10(18-7)8-9-16(11)12(17)19-14(4,5)6/h11H,8-9H2,1-7H3. The predicted molar refractivity (Wildman–Crippen MR) is 75.2 cm³/mol. The van der Waals surface area contributed by atoms with Crippen LogP contribution in [0.2, 0.25) is 0 Å². The van der Waals surface area contributed by atoms with Crippen LogP contribution in [0.15, 0.2) is 4.99 Å². The number of rotatable bonds is 0. The van der Waals surface area contributed by atoms with Gasteiger partial charge in [-0.1, -0.05) is 20.8 Å². The summed E-state index contributed by atoms with van der Waals surface area (Å²) in [6, 6.07) is 0. The molecule has 0 N–H and O–H groups in total. The molecule has 1 unspecified atom stereocenters. The second kappa shape index (κ2) is 5.39. The van der Waals surface area contributed by atoms with Gasteiger partial charge in [-0.3, -0.25) is 4.90 Å². The fourth-order valence-electron chi connectivity index (χ4n) is 1.94. The molecule has 0 saturated heterocycles. The van der Waals surface area contributed by atoms with E-state index in [1.807, 2.05) is 20.8 Å². The molecular formula is C14H26N2O3. The van der Waals surface area contributed by atoms with Gasteiger partial charge in [0.1, 0.15) is 11.8 Å². The van der Waals surface area contributed by atoms with Crippen LogP contribution in [0, 0.1) is 5.41 Å². The van der Waals surface area contributed by atoms with Crippen molar-refractivity contribution >= 4 is 12.0 Å². The maximum absolute atomic E-state index is 12.3. The van der Waals surface area contributed by atoms with Crippen molar-refractivity contribution in [2.24, 2.45) is 10.4 Å². The number of nitrogens with zero attached hydrogens (tertiary/aromatic N) is 2. The van der Waals surface area contributed by atoms with Gasteiger partial charge in [0, 0.05) is 18.4 Å². The Kier molecular flexibility index (Phi) is 4.48. The van der Waals surface area contributed by atoms with Crippen LogP contribution in [0.4, 0.5) is 4.79 Å². The number of hydrogen-bond acceptors (Lipinski definition) is 4. The summed E-state index contributed by atoms with van der Waals surface area (Å²) >= 11 is 0. The molecule has 1 heterocycles. The number of aliphatic imine (C=N–C) groups is 1. The molecular weight excluding hydrogens is 244 g/mol. The van der Waals surface area contributed by atoms with Gasteiger partial charge in [0.2, 0.25) is 0 Å². The monoisotopic (exact) mass is 270 g/mol. The lowest BCUT2D eigenvalue weighted by molar-refractivity contribution is 0.00127. The first-order valence-electron chi connectivity index (χ1n) is 6.65. The SMILES string of the molecule is COC1=NC(C(C)(C)C)N(C(=O)OC(C)(C)C)CC1. The van der Waals surface area contributed by atoms with Gasteiger partial charge in [-0.25, -0.2) is 9.79 Å². The van der Waals surface area contributed by atoms with E-state index < -0.39 is 5.60 Å². The minimum Gasteiger partial charge on any atom is -0.484 e. The fraction of sp³-hybridized carbons (Fsp3) is 0.857. The van der Waals surface area contributed by atoms with Crippen LogP contribution in [-0.2, 0) is 9.47 Å². The van der Waals surface area contributed by atoms with Crippen LogP contribution in [0.25, 0.3) is 0 Å². The Bertz CT molecular complexity index is 364. The summed E-state index contributed by atoms with van der Waals surface area (Å²) in [5.74, 6) is 0.694. The molecule has 0 spiro atoms. The minimum absolute atomic E-state index is 0.166. The van der Waals surface area contributed by atoms with E-state index >= 15 is 0 Å². The normalized spacial score (nSPS) is 20.9. The van der Waals surface area contributed by atoms with Gasteiger partial charge < -0.3 is 9.47 Å². The maximum atomic E-state index is 12.3. The Labute approximate surface area is 116 Å². The molecule has 0 fully saturated rings. The highest BCUT2D eigenvalue weighted by atomic mass is 16.6. The average molecular weight is 270 g/mol. The highest BCUT2D eigenvalue weighted by Gasteiger charge is 2.38. The van der Waals surface area contributed by atoms with Crippen LogP contribution >= 0.6 is 0 Å². The number of hydrogen-bond donors (Lipinski definition) is 0. The van der Waals surface area contributed by atoms with Gasteiger partial charge in [0.25, 0.3) is 0 Å². The number of carbonyl (C=O) groups is 1. The van der Waals surface area contributed by atoms with Crippen molar-refractivity contribution in [2.75, 3.05) is 13.7 Å². The molecule has 0 aromatic carbocycles. The van der Waals surface area contributed by atoms with E-state index in [0.29, 0.717) is 18.9 Å². The zero-order valence-electron chi connectivity index (χ0n) is 13.1. The van der Waals surface area contributed by atoms with Gasteiger partial charge in [-0.05, 0) is 20.8 Å². The third-order valence-electron chi connectivity index (χ3n) is 2.77. The van der Waals surface area contributed by atoms with Crippen LogP contribution in [0.3, 0.4) is 0 Å². The smallest absolute Gasteiger partial charge is 0.412 e. The molecule has 1 atom stereocenters. The van der Waals surface area contributed by atoms with E-state index in [2.05, 4.69) is 25.8 Å². The molecule has 1 rings (SSSR count). The highest BCUT2D eigenvalue weighted by Crippen LogP contribution is 2.29. The zero-order valence-corrected chi connectivity index (χ0v) is 13.1. The van der Waals surface area contributed by atoms with E-state index in [-0.39, 0.29) is 17.7 Å². The van der Waals surface area contributed by atoms with Crippen molar-refractivity contribution in [3.05, 3.63) is 0 Å². The first kappa shape index (κ1) is 15.8. The molecule has 0 aliphatic carbocycles. The average Bonchev–Trinajstić information content (AvgIpc) is 2.24. The van der Waals surface area contributed by atoms with Crippen molar-refractivity contribution in [2.45, 2.75) is 59.7 Å².